The molecule has 0 aliphatic carbocycles. The van der Waals surface area contributed by atoms with E-state index in [1.54, 1.807) is 0 Å². The molecule has 0 aliphatic rings. The van der Waals surface area contributed by atoms with E-state index in [1.807, 2.05) is 44.9 Å². The van der Waals surface area contributed by atoms with Crippen LogP contribution in [0.4, 0.5) is 0 Å². The van der Waals surface area contributed by atoms with E-state index in [2.05, 4.69) is 32.6 Å². The molecule has 0 unspecified atom stereocenters. The number of fused-ring (bicyclic) bond motifs is 1. The van der Waals surface area contributed by atoms with Gasteiger partial charge >= 0.3 is 0 Å². The molecule has 1 aromatic carbocycles. The van der Waals surface area contributed by atoms with Crippen LogP contribution >= 0.6 is 0 Å². The molecule has 4 rings (SSSR count). The average molecular weight is 307 g/mol. The Labute approximate surface area is 133 Å². The third-order valence-corrected chi connectivity index (χ3v) is 4.17. The Balaban J connectivity index is 2.04. The molecule has 23 heavy (non-hydrogen) atoms. The van der Waals surface area contributed by atoms with E-state index in [9.17, 15) is 0 Å². The molecule has 4 aromatic rings. The second-order valence-corrected chi connectivity index (χ2v) is 5.86. The van der Waals surface area contributed by atoms with Crippen LogP contribution in [0.1, 0.15) is 17.1 Å². The average Bonchev–Trinajstić information content (AvgIpc) is 3.18. The number of aromatic amines is 1. The number of nitrogens with one attached hydrogen (secondary N) is 1. The van der Waals surface area contributed by atoms with Crippen molar-refractivity contribution in [3.8, 4) is 22.3 Å². The molecule has 116 valence electrons. The lowest BCUT2D eigenvalue weighted by Crippen LogP contribution is -1.87. The van der Waals surface area contributed by atoms with Gasteiger partial charge in [-0.25, -0.2) is 0 Å². The Morgan fingerprint density at radius 1 is 1.09 bits per heavy atom. The molecule has 0 spiro atoms. The fourth-order valence-electron chi connectivity index (χ4n) is 3.17. The first-order valence-electron chi connectivity index (χ1n) is 7.45. The molecule has 3 aromatic heterocycles. The van der Waals surface area contributed by atoms with Gasteiger partial charge in [0.1, 0.15) is 5.76 Å². The lowest BCUT2D eigenvalue weighted by atomic mass is 9.96. The van der Waals surface area contributed by atoms with Gasteiger partial charge in [-0.2, -0.15) is 10.2 Å². The first-order chi connectivity index (χ1) is 11.0. The predicted molar refractivity (Wildman–Crippen MR) is 88.0 cm³/mol. The summed E-state index contributed by atoms with van der Waals surface area (Å²) in [5.41, 5.74) is 7.18. The predicted octanol–water partition coefficient (Wildman–Crippen LogP) is 3.54. The molecule has 0 saturated heterocycles. The Hall–Kier alpha value is -2.89. The van der Waals surface area contributed by atoms with E-state index in [1.165, 1.54) is 0 Å². The summed E-state index contributed by atoms with van der Waals surface area (Å²) in [5, 5.41) is 16.9. The number of rotatable bonds is 2. The maximum Gasteiger partial charge on any atom is 0.141 e. The van der Waals surface area contributed by atoms with Gasteiger partial charge in [0.05, 0.1) is 23.1 Å². The van der Waals surface area contributed by atoms with Crippen molar-refractivity contribution in [3.05, 3.63) is 41.7 Å². The summed E-state index contributed by atoms with van der Waals surface area (Å²) in [4.78, 5) is 0. The zero-order valence-corrected chi connectivity index (χ0v) is 13.5. The summed E-state index contributed by atoms with van der Waals surface area (Å²) in [7, 11) is 1.93. The van der Waals surface area contributed by atoms with Crippen molar-refractivity contribution in [2.75, 3.05) is 0 Å². The zero-order valence-electron chi connectivity index (χ0n) is 13.5. The van der Waals surface area contributed by atoms with Crippen molar-refractivity contribution in [1.82, 2.24) is 25.1 Å². The van der Waals surface area contributed by atoms with Crippen molar-refractivity contribution >= 4 is 10.9 Å². The topological polar surface area (TPSA) is 72.5 Å². The van der Waals surface area contributed by atoms with Crippen LogP contribution in [-0.2, 0) is 7.05 Å². The van der Waals surface area contributed by atoms with Crippen LogP contribution in [0, 0.1) is 20.8 Å². The number of hydrogen-bond acceptors (Lipinski definition) is 4. The van der Waals surface area contributed by atoms with Crippen LogP contribution < -0.4 is 0 Å². The number of hydrogen-bond donors (Lipinski definition) is 1. The molecule has 0 aliphatic heterocycles. The van der Waals surface area contributed by atoms with Gasteiger partial charge in [0.15, 0.2) is 0 Å². The highest BCUT2D eigenvalue weighted by atomic mass is 16.5. The van der Waals surface area contributed by atoms with Crippen molar-refractivity contribution in [2.45, 2.75) is 20.8 Å². The van der Waals surface area contributed by atoms with Crippen molar-refractivity contribution in [3.63, 3.8) is 0 Å². The van der Waals surface area contributed by atoms with Gasteiger partial charge in [-0.1, -0.05) is 5.16 Å². The molecule has 0 radical (unpaired) electrons. The second kappa shape index (κ2) is 4.81. The summed E-state index contributed by atoms with van der Waals surface area (Å²) >= 11 is 0. The van der Waals surface area contributed by atoms with E-state index in [0.717, 1.165) is 50.3 Å². The first-order valence-corrected chi connectivity index (χ1v) is 7.45. The summed E-state index contributed by atoms with van der Waals surface area (Å²) in [6.45, 7) is 5.91. The third kappa shape index (κ3) is 2.06. The second-order valence-electron chi connectivity index (χ2n) is 5.86. The quantitative estimate of drug-likeness (QED) is 0.614. The lowest BCUT2D eigenvalue weighted by Gasteiger charge is -2.07. The fraction of sp³-hybridized carbons (Fsp3) is 0.235. The summed E-state index contributed by atoms with van der Waals surface area (Å²) < 4.78 is 7.16. The third-order valence-electron chi connectivity index (χ3n) is 4.17. The molecule has 0 atom stereocenters. The Morgan fingerprint density at radius 2 is 1.91 bits per heavy atom. The number of aromatic nitrogens is 5. The molecule has 0 fully saturated rings. The standard InChI is InChI=1S/C17H17N5O/c1-9-15(8-22(4)20-9)14-6-12(5-13-7-18-19-17(13)14)16-10(2)21-23-11(16)3/h5-8H,1-4H3,(H,18,19). The molecule has 0 amide bonds. The van der Waals surface area contributed by atoms with E-state index >= 15 is 0 Å². The summed E-state index contributed by atoms with van der Waals surface area (Å²) in [6, 6.07) is 4.26. The van der Waals surface area contributed by atoms with Gasteiger partial charge in [0, 0.05) is 35.3 Å². The van der Waals surface area contributed by atoms with E-state index in [-0.39, 0.29) is 0 Å². The lowest BCUT2D eigenvalue weighted by molar-refractivity contribution is 0.393. The Morgan fingerprint density at radius 3 is 2.57 bits per heavy atom. The van der Waals surface area contributed by atoms with Gasteiger partial charge in [-0.3, -0.25) is 9.78 Å². The van der Waals surface area contributed by atoms with Crippen LogP contribution in [0.2, 0.25) is 0 Å². The highest BCUT2D eigenvalue weighted by molar-refractivity contribution is 5.98. The minimum atomic E-state index is 0.819. The molecule has 1 N–H and O–H groups in total. The van der Waals surface area contributed by atoms with Crippen LogP contribution in [-0.4, -0.2) is 25.1 Å². The number of H-pyrrole nitrogens is 1. The molecule has 6 nitrogen and oxygen atoms in total. The van der Waals surface area contributed by atoms with Gasteiger partial charge in [-0.15, -0.1) is 0 Å². The largest absolute Gasteiger partial charge is 0.361 e. The highest BCUT2D eigenvalue weighted by Crippen LogP contribution is 2.36. The maximum absolute atomic E-state index is 5.33. The summed E-state index contributed by atoms with van der Waals surface area (Å²) in [5.74, 6) is 0.819. The number of aryl methyl sites for hydroxylation is 4. The van der Waals surface area contributed by atoms with E-state index < -0.39 is 0 Å². The van der Waals surface area contributed by atoms with Crippen LogP contribution in [0.25, 0.3) is 33.2 Å². The zero-order chi connectivity index (χ0) is 16.1. The molecule has 0 saturated carbocycles. The van der Waals surface area contributed by atoms with Gasteiger partial charge in [0.25, 0.3) is 0 Å². The Bertz CT molecular complexity index is 1000. The van der Waals surface area contributed by atoms with Gasteiger partial charge in [-0.05, 0) is 38.5 Å². The maximum atomic E-state index is 5.33. The van der Waals surface area contributed by atoms with Crippen LogP contribution in [0.15, 0.2) is 29.0 Å². The summed E-state index contributed by atoms with van der Waals surface area (Å²) in [6.07, 6.45) is 3.87. The van der Waals surface area contributed by atoms with E-state index in [4.69, 9.17) is 4.52 Å². The molecule has 6 heteroatoms. The smallest absolute Gasteiger partial charge is 0.141 e. The van der Waals surface area contributed by atoms with Crippen molar-refractivity contribution in [1.29, 1.82) is 0 Å². The molecular weight excluding hydrogens is 290 g/mol. The van der Waals surface area contributed by atoms with E-state index in [0.29, 0.717) is 0 Å². The van der Waals surface area contributed by atoms with Gasteiger partial charge in [0.2, 0.25) is 0 Å². The minimum absolute atomic E-state index is 0.819. The normalized spacial score (nSPS) is 11.5. The highest BCUT2D eigenvalue weighted by Gasteiger charge is 2.17. The van der Waals surface area contributed by atoms with Crippen molar-refractivity contribution < 1.29 is 4.52 Å². The van der Waals surface area contributed by atoms with Crippen LogP contribution in [0.5, 0.6) is 0 Å². The molecule has 3 heterocycles. The monoisotopic (exact) mass is 307 g/mol. The number of nitrogens with zero attached hydrogens (tertiary/aromatic N) is 4. The van der Waals surface area contributed by atoms with Crippen LogP contribution in [0.3, 0.4) is 0 Å². The fourth-order valence-corrected chi connectivity index (χ4v) is 3.17. The SMILES string of the molecule is Cc1nn(C)cc1-c1cc(-c2c(C)noc2C)cc2cn[nH]c12. The van der Waals surface area contributed by atoms with Crippen molar-refractivity contribution in [2.24, 2.45) is 7.05 Å². The minimum Gasteiger partial charge on any atom is -0.361 e. The molecule has 0 bridgehead atoms. The Kier molecular flexibility index (Phi) is 2.87. The first kappa shape index (κ1) is 13.8. The van der Waals surface area contributed by atoms with Gasteiger partial charge < -0.3 is 4.52 Å². The number of benzene rings is 1. The molecular formula is C17H17N5O.